The number of nitrogens with zero attached hydrogens (tertiary/aromatic N) is 2. The molecule has 0 atom stereocenters. The van der Waals surface area contributed by atoms with Gasteiger partial charge in [-0.25, -0.2) is 0 Å². The van der Waals surface area contributed by atoms with Crippen molar-refractivity contribution < 1.29 is 14.5 Å². The lowest BCUT2D eigenvalue weighted by atomic mass is 9.98. The van der Waals surface area contributed by atoms with Crippen LogP contribution in [0.2, 0.25) is 0 Å². The maximum Gasteiger partial charge on any atom is 0.272 e. The molecule has 1 saturated carbocycles. The van der Waals surface area contributed by atoms with E-state index in [0.717, 1.165) is 38.8 Å². The number of nitrogens with one attached hydrogen (secondary N) is 2. The molecule has 1 aliphatic heterocycles. The molecule has 8 heteroatoms. The molecule has 1 heterocycles. The Bertz CT molecular complexity index is 694. The molecule has 2 amide bonds. The fourth-order valence-electron chi connectivity index (χ4n) is 2.98. The topological polar surface area (TPSA) is 105 Å². The number of hydrogen-bond acceptors (Lipinski definition) is 5. The summed E-state index contributed by atoms with van der Waals surface area (Å²) < 4.78 is 0. The van der Waals surface area contributed by atoms with Crippen molar-refractivity contribution in [1.82, 2.24) is 10.9 Å². The molecule has 0 unspecified atom stereocenters. The van der Waals surface area contributed by atoms with Crippen molar-refractivity contribution in [2.24, 2.45) is 11.8 Å². The Balaban J connectivity index is 1.80. The van der Waals surface area contributed by atoms with E-state index in [1.807, 2.05) is 0 Å². The van der Waals surface area contributed by atoms with Crippen LogP contribution in [0.5, 0.6) is 0 Å². The van der Waals surface area contributed by atoms with Gasteiger partial charge >= 0.3 is 0 Å². The third kappa shape index (κ3) is 4.07. The normalized spacial score (nSPS) is 17.9. The van der Waals surface area contributed by atoms with Crippen molar-refractivity contribution in [2.75, 3.05) is 18.0 Å². The molecule has 1 aromatic carbocycles. The highest BCUT2D eigenvalue weighted by Crippen LogP contribution is 2.30. The molecule has 0 aromatic heterocycles. The smallest absolute Gasteiger partial charge is 0.272 e. The predicted molar refractivity (Wildman–Crippen MR) is 92.0 cm³/mol. The Morgan fingerprint density at radius 2 is 1.84 bits per heavy atom. The molecule has 25 heavy (non-hydrogen) atoms. The van der Waals surface area contributed by atoms with Crippen LogP contribution in [0.4, 0.5) is 11.4 Å². The highest BCUT2D eigenvalue weighted by Gasteiger charge is 2.30. The first-order chi connectivity index (χ1) is 12.0. The molecule has 2 fully saturated rings. The van der Waals surface area contributed by atoms with Gasteiger partial charge in [0.15, 0.2) is 0 Å². The number of benzene rings is 1. The zero-order valence-electron chi connectivity index (χ0n) is 14.2. The van der Waals surface area contributed by atoms with Crippen LogP contribution in [0.15, 0.2) is 18.2 Å². The van der Waals surface area contributed by atoms with E-state index < -0.39 is 10.8 Å². The number of rotatable bonds is 4. The Morgan fingerprint density at radius 1 is 1.16 bits per heavy atom. The summed E-state index contributed by atoms with van der Waals surface area (Å²) in [5, 5.41) is 11.1. The summed E-state index contributed by atoms with van der Waals surface area (Å²) in [5.74, 6) is -0.156. The van der Waals surface area contributed by atoms with Gasteiger partial charge in [0.2, 0.25) is 5.91 Å². The first-order valence-electron chi connectivity index (χ1n) is 8.59. The molecule has 3 rings (SSSR count). The molecule has 134 valence electrons. The van der Waals surface area contributed by atoms with Crippen LogP contribution in [-0.2, 0) is 4.79 Å². The van der Waals surface area contributed by atoms with E-state index >= 15 is 0 Å². The van der Waals surface area contributed by atoms with Crippen molar-refractivity contribution >= 4 is 23.2 Å². The van der Waals surface area contributed by atoms with Gasteiger partial charge in [-0.2, -0.15) is 0 Å². The lowest BCUT2D eigenvalue weighted by molar-refractivity contribution is -0.384. The van der Waals surface area contributed by atoms with Crippen LogP contribution in [0, 0.1) is 22.0 Å². The largest absolute Gasteiger partial charge is 0.371 e. The number of anilines is 1. The van der Waals surface area contributed by atoms with Crippen LogP contribution in [0.1, 0.15) is 43.0 Å². The van der Waals surface area contributed by atoms with Crippen molar-refractivity contribution in [2.45, 2.75) is 32.6 Å². The number of non-ortho nitro benzene ring substituents is 1. The van der Waals surface area contributed by atoms with E-state index in [0.29, 0.717) is 11.6 Å². The quantitative estimate of drug-likeness (QED) is 0.641. The zero-order chi connectivity index (χ0) is 18.0. The van der Waals surface area contributed by atoms with Gasteiger partial charge in [-0.1, -0.05) is 6.92 Å². The number of carbonyl (C=O) groups excluding carboxylic acids is 2. The summed E-state index contributed by atoms with van der Waals surface area (Å²) in [6.45, 7) is 3.79. The summed E-state index contributed by atoms with van der Waals surface area (Å²) in [6.07, 6.45) is 3.68. The van der Waals surface area contributed by atoms with Crippen LogP contribution >= 0.6 is 0 Å². The van der Waals surface area contributed by atoms with Crippen molar-refractivity contribution in [1.29, 1.82) is 0 Å². The highest BCUT2D eigenvalue weighted by atomic mass is 16.6. The predicted octanol–water partition coefficient (Wildman–Crippen LogP) is 2.00. The van der Waals surface area contributed by atoms with E-state index in [-0.39, 0.29) is 23.1 Å². The van der Waals surface area contributed by atoms with Gasteiger partial charge in [-0.05, 0) is 37.7 Å². The third-order valence-corrected chi connectivity index (χ3v) is 4.81. The number of hydrazine groups is 1. The highest BCUT2D eigenvalue weighted by molar-refractivity contribution is 6.01. The number of piperidine rings is 1. The minimum absolute atomic E-state index is 0.0338. The van der Waals surface area contributed by atoms with E-state index in [1.165, 1.54) is 12.1 Å². The monoisotopic (exact) mass is 346 g/mol. The maximum atomic E-state index is 12.5. The third-order valence-electron chi connectivity index (χ3n) is 4.81. The molecule has 2 N–H and O–H groups in total. The van der Waals surface area contributed by atoms with Gasteiger partial charge in [0.05, 0.1) is 16.2 Å². The standard InChI is InChI=1S/C17H22N4O4/c1-11-6-8-20(9-7-11)15-5-4-13(21(24)25)10-14(15)17(23)19-18-16(22)12-2-3-12/h4-5,10-12H,2-3,6-9H2,1H3,(H,18,22)(H,19,23). The van der Waals surface area contributed by atoms with E-state index in [9.17, 15) is 19.7 Å². The molecule has 8 nitrogen and oxygen atoms in total. The van der Waals surface area contributed by atoms with Gasteiger partial charge in [0, 0.05) is 31.1 Å². The van der Waals surface area contributed by atoms with E-state index in [2.05, 4.69) is 22.7 Å². The minimum atomic E-state index is -0.536. The Hall–Kier alpha value is -2.64. The Labute approximate surface area is 145 Å². The first kappa shape index (κ1) is 17.2. The number of amides is 2. The Morgan fingerprint density at radius 3 is 2.44 bits per heavy atom. The van der Waals surface area contributed by atoms with Crippen molar-refractivity contribution in [3.8, 4) is 0 Å². The number of nitro groups is 1. The first-order valence-corrected chi connectivity index (χ1v) is 8.59. The molecule has 1 aliphatic carbocycles. The zero-order valence-corrected chi connectivity index (χ0v) is 14.2. The second-order valence-electron chi connectivity index (χ2n) is 6.85. The average molecular weight is 346 g/mol. The number of hydrogen-bond donors (Lipinski definition) is 2. The minimum Gasteiger partial charge on any atom is -0.371 e. The lowest BCUT2D eigenvalue weighted by Gasteiger charge is -2.33. The average Bonchev–Trinajstić information content (AvgIpc) is 3.44. The fourth-order valence-corrected chi connectivity index (χ4v) is 2.98. The summed E-state index contributed by atoms with van der Waals surface area (Å²) in [7, 11) is 0. The van der Waals surface area contributed by atoms with E-state index in [4.69, 9.17) is 0 Å². The number of nitro benzene ring substituents is 1. The molecular weight excluding hydrogens is 324 g/mol. The Kier molecular flexibility index (Phi) is 4.87. The second-order valence-corrected chi connectivity index (χ2v) is 6.85. The molecule has 2 aliphatic rings. The fraction of sp³-hybridized carbons (Fsp3) is 0.529. The summed E-state index contributed by atoms with van der Waals surface area (Å²) in [5.41, 5.74) is 5.51. The van der Waals surface area contributed by atoms with Crippen LogP contribution in [-0.4, -0.2) is 29.8 Å². The summed E-state index contributed by atoms with van der Waals surface area (Å²) in [6, 6.07) is 4.30. The van der Waals surface area contributed by atoms with Gasteiger partial charge in [-0.3, -0.25) is 30.6 Å². The van der Waals surface area contributed by atoms with Gasteiger partial charge in [0.1, 0.15) is 0 Å². The van der Waals surface area contributed by atoms with Crippen LogP contribution < -0.4 is 15.8 Å². The summed E-state index contributed by atoms with van der Waals surface area (Å²) in [4.78, 5) is 36.8. The van der Waals surface area contributed by atoms with Gasteiger partial charge in [-0.15, -0.1) is 0 Å². The number of carbonyl (C=O) groups is 2. The molecular formula is C17H22N4O4. The SMILES string of the molecule is CC1CCN(c2ccc([N+](=O)[O-])cc2C(=O)NNC(=O)C2CC2)CC1. The van der Waals surface area contributed by atoms with Crippen LogP contribution in [0.3, 0.4) is 0 Å². The molecule has 1 saturated heterocycles. The summed E-state index contributed by atoms with van der Waals surface area (Å²) >= 11 is 0. The van der Waals surface area contributed by atoms with Gasteiger partial charge < -0.3 is 4.90 Å². The molecule has 1 aromatic rings. The van der Waals surface area contributed by atoms with Crippen molar-refractivity contribution in [3.63, 3.8) is 0 Å². The van der Waals surface area contributed by atoms with Gasteiger partial charge in [0.25, 0.3) is 11.6 Å². The van der Waals surface area contributed by atoms with Crippen LogP contribution in [0.25, 0.3) is 0 Å². The van der Waals surface area contributed by atoms with E-state index in [1.54, 1.807) is 6.07 Å². The lowest BCUT2D eigenvalue weighted by Crippen LogP contribution is -2.43. The molecule has 0 spiro atoms. The maximum absolute atomic E-state index is 12.5. The molecule has 0 radical (unpaired) electrons. The second kappa shape index (κ2) is 7.08. The van der Waals surface area contributed by atoms with Crippen molar-refractivity contribution in [3.05, 3.63) is 33.9 Å². The molecule has 0 bridgehead atoms.